The van der Waals surface area contributed by atoms with Crippen LogP contribution in [0.2, 0.25) is 5.02 Å². The Morgan fingerprint density at radius 1 is 1.04 bits per heavy atom. The molecule has 0 aliphatic rings. The fourth-order valence-corrected chi connectivity index (χ4v) is 2.54. The molecule has 1 N–H and O–H groups in total. The van der Waals surface area contributed by atoms with E-state index in [9.17, 15) is 4.79 Å². The maximum absolute atomic E-state index is 12.1. The summed E-state index contributed by atoms with van der Waals surface area (Å²) in [7, 11) is 0. The highest BCUT2D eigenvalue weighted by atomic mass is 35.5. The van der Waals surface area contributed by atoms with Gasteiger partial charge in [-0.2, -0.15) is 5.10 Å². The number of benzene rings is 3. The van der Waals surface area contributed by atoms with Crippen LogP contribution in [0.4, 0.5) is 0 Å². The Hall–Kier alpha value is -3.11. The molecule has 0 atom stereocenters. The molecule has 0 aliphatic carbocycles. The van der Waals surface area contributed by atoms with E-state index in [0.29, 0.717) is 22.9 Å². The summed E-state index contributed by atoms with van der Waals surface area (Å²) in [6, 6.07) is 22.4. The molecule has 0 aromatic heterocycles. The van der Waals surface area contributed by atoms with E-state index in [2.05, 4.69) is 22.7 Å². The number of hydrazone groups is 1. The van der Waals surface area contributed by atoms with E-state index in [0.717, 1.165) is 11.1 Å². The van der Waals surface area contributed by atoms with Crippen LogP contribution in [0, 0.1) is 6.92 Å². The summed E-state index contributed by atoms with van der Waals surface area (Å²) in [4.78, 5) is 12.1. The van der Waals surface area contributed by atoms with Crippen molar-refractivity contribution in [1.82, 2.24) is 5.43 Å². The number of hydrogen-bond acceptors (Lipinski definition) is 3. The number of ether oxygens (including phenoxy) is 1. The largest absolute Gasteiger partial charge is 0.489 e. The average molecular weight is 379 g/mol. The molecule has 3 aromatic carbocycles. The van der Waals surface area contributed by atoms with E-state index in [1.54, 1.807) is 30.3 Å². The lowest BCUT2D eigenvalue weighted by molar-refractivity contribution is 0.0955. The predicted octanol–water partition coefficient (Wildman–Crippen LogP) is 4.99. The number of aryl methyl sites for hydroxylation is 1. The van der Waals surface area contributed by atoms with Crippen LogP contribution in [0.25, 0.3) is 0 Å². The van der Waals surface area contributed by atoms with Gasteiger partial charge in [-0.3, -0.25) is 4.79 Å². The number of nitrogens with zero attached hydrogens (tertiary/aromatic N) is 1. The van der Waals surface area contributed by atoms with Crippen molar-refractivity contribution in [2.24, 2.45) is 5.10 Å². The van der Waals surface area contributed by atoms with Crippen LogP contribution in [-0.4, -0.2) is 12.1 Å². The van der Waals surface area contributed by atoms with Gasteiger partial charge in [0.05, 0.1) is 6.21 Å². The first-order valence-corrected chi connectivity index (χ1v) is 8.86. The van der Waals surface area contributed by atoms with Crippen molar-refractivity contribution in [3.63, 3.8) is 0 Å². The Morgan fingerprint density at radius 2 is 1.74 bits per heavy atom. The van der Waals surface area contributed by atoms with Crippen molar-refractivity contribution >= 4 is 23.7 Å². The summed E-state index contributed by atoms with van der Waals surface area (Å²) < 4.78 is 5.74. The van der Waals surface area contributed by atoms with Crippen molar-refractivity contribution in [3.8, 4) is 5.75 Å². The fraction of sp³-hybridized carbons (Fsp3) is 0.0909. The topological polar surface area (TPSA) is 50.7 Å². The van der Waals surface area contributed by atoms with Crippen LogP contribution in [-0.2, 0) is 6.61 Å². The standard InChI is InChI=1S/C22H19ClN2O2/c1-16-6-8-17(9-7-16)15-27-20-12-10-18(11-13-20)22(26)25-24-14-19-4-2-3-5-21(19)23/h2-14H,15H2,1H3,(H,25,26)/b24-14-. The molecule has 0 bridgehead atoms. The first-order chi connectivity index (χ1) is 13.1. The van der Waals surface area contributed by atoms with Gasteiger partial charge in [0.15, 0.2) is 0 Å². The van der Waals surface area contributed by atoms with Crippen LogP contribution in [0.1, 0.15) is 27.0 Å². The smallest absolute Gasteiger partial charge is 0.271 e. The number of carbonyl (C=O) groups excluding carboxylic acids is 1. The maximum Gasteiger partial charge on any atom is 0.271 e. The summed E-state index contributed by atoms with van der Waals surface area (Å²) in [5.41, 5.74) is 6.03. The minimum Gasteiger partial charge on any atom is -0.489 e. The Bertz CT molecular complexity index is 935. The second kappa shape index (κ2) is 9.01. The average Bonchev–Trinajstić information content (AvgIpc) is 2.69. The highest BCUT2D eigenvalue weighted by Gasteiger charge is 2.05. The minimum atomic E-state index is -0.302. The molecule has 0 fully saturated rings. The van der Waals surface area contributed by atoms with Gasteiger partial charge < -0.3 is 4.74 Å². The quantitative estimate of drug-likeness (QED) is 0.485. The van der Waals surface area contributed by atoms with Crippen LogP contribution in [0.3, 0.4) is 0 Å². The summed E-state index contributed by atoms with van der Waals surface area (Å²) >= 11 is 6.04. The van der Waals surface area contributed by atoms with E-state index in [-0.39, 0.29) is 5.91 Å². The van der Waals surface area contributed by atoms with Crippen LogP contribution < -0.4 is 10.2 Å². The van der Waals surface area contributed by atoms with Gasteiger partial charge in [-0.25, -0.2) is 5.43 Å². The van der Waals surface area contributed by atoms with Gasteiger partial charge in [-0.1, -0.05) is 59.6 Å². The second-order valence-electron chi connectivity index (χ2n) is 6.02. The van der Waals surface area contributed by atoms with E-state index < -0.39 is 0 Å². The van der Waals surface area contributed by atoms with Crippen LogP contribution in [0.5, 0.6) is 5.75 Å². The number of halogens is 1. The zero-order chi connectivity index (χ0) is 19.1. The van der Waals surface area contributed by atoms with Crippen LogP contribution >= 0.6 is 11.6 Å². The number of rotatable bonds is 6. The van der Waals surface area contributed by atoms with Gasteiger partial charge in [0.2, 0.25) is 0 Å². The molecule has 3 rings (SSSR count). The minimum absolute atomic E-state index is 0.302. The highest BCUT2D eigenvalue weighted by Crippen LogP contribution is 2.15. The van der Waals surface area contributed by atoms with Crippen molar-refractivity contribution in [3.05, 3.63) is 100 Å². The normalized spacial score (nSPS) is 10.7. The second-order valence-corrected chi connectivity index (χ2v) is 6.43. The molecule has 5 heteroatoms. The predicted molar refractivity (Wildman–Crippen MR) is 108 cm³/mol. The number of hydrogen-bond donors (Lipinski definition) is 1. The lowest BCUT2D eigenvalue weighted by atomic mass is 10.2. The monoisotopic (exact) mass is 378 g/mol. The molecule has 0 heterocycles. The lowest BCUT2D eigenvalue weighted by Gasteiger charge is -2.07. The van der Waals surface area contributed by atoms with Crippen molar-refractivity contribution in [2.45, 2.75) is 13.5 Å². The van der Waals surface area contributed by atoms with Gasteiger partial charge >= 0.3 is 0 Å². The Morgan fingerprint density at radius 3 is 2.44 bits per heavy atom. The zero-order valence-corrected chi connectivity index (χ0v) is 15.6. The fourth-order valence-electron chi connectivity index (χ4n) is 2.36. The Kier molecular flexibility index (Phi) is 6.23. The van der Waals surface area contributed by atoms with Gasteiger partial charge in [0.25, 0.3) is 5.91 Å². The van der Waals surface area contributed by atoms with Gasteiger partial charge in [-0.05, 0) is 42.8 Å². The molecule has 0 radical (unpaired) electrons. The third-order valence-electron chi connectivity index (χ3n) is 3.92. The molecule has 27 heavy (non-hydrogen) atoms. The van der Waals surface area contributed by atoms with Crippen molar-refractivity contribution in [1.29, 1.82) is 0 Å². The molecule has 3 aromatic rings. The summed E-state index contributed by atoms with van der Waals surface area (Å²) in [5, 5.41) is 4.52. The first-order valence-electron chi connectivity index (χ1n) is 8.48. The van der Waals surface area contributed by atoms with Gasteiger partial charge in [-0.15, -0.1) is 0 Å². The molecular formula is C22H19ClN2O2. The Balaban J connectivity index is 1.54. The van der Waals surface area contributed by atoms with Crippen molar-refractivity contribution in [2.75, 3.05) is 0 Å². The molecule has 136 valence electrons. The third-order valence-corrected chi connectivity index (χ3v) is 4.26. The molecule has 0 aliphatic heterocycles. The van der Waals surface area contributed by atoms with Gasteiger partial charge in [0, 0.05) is 16.1 Å². The molecular weight excluding hydrogens is 360 g/mol. The lowest BCUT2D eigenvalue weighted by Crippen LogP contribution is -2.17. The zero-order valence-electron chi connectivity index (χ0n) is 14.9. The summed E-state index contributed by atoms with van der Waals surface area (Å²) in [6.07, 6.45) is 1.51. The Labute approximate surface area is 163 Å². The van der Waals surface area contributed by atoms with E-state index in [4.69, 9.17) is 16.3 Å². The van der Waals surface area contributed by atoms with E-state index in [1.165, 1.54) is 11.8 Å². The van der Waals surface area contributed by atoms with Crippen LogP contribution in [0.15, 0.2) is 77.9 Å². The first kappa shape index (κ1) is 18.7. The number of nitrogens with one attached hydrogen (secondary N) is 1. The SMILES string of the molecule is Cc1ccc(COc2ccc(C(=O)N/N=C\c3ccccc3Cl)cc2)cc1. The third kappa shape index (κ3) is 5.43. The molecule has 0 saturated heterocycles. The number of carbonyl (C=O) groups is 1. The number of amides is 1. The highest BCUT2D eigenvalue weighted by molar-refractivity contribution is 6.33. The van der Waals surface area contributed by atoms with E-state index in [1.807, 2.05) is 37.3 Å². The molecule has 1 amide bonds. The molecule has 4 nitrogen and oxygen atoms in total. The summed E-state index contributed by atoms with van der Waals surface area (Å²) in [5.74, 6) is 0.398. The summed E-state index contributed by atoms with van der Waals surface area (Å²) in [6.45, 7) is 2.53. The molecule has 0 saturated carbocycles. The van der Waals surface area contributed by atoms with E-state index >= 15 is 0 Å². The molecule has 0 spiro atoms. The molecule has 0 unspecified atom stereocenters. The maximum atomic E-state index is 12.1. The van der Waals surface area contributed by atoms with Crippen molar-refractivity contribution < 1.29 is 9.53 Å². The van der Waals surface area contributed by atoms with Gasteiger partial charge in [0.1, 0.15) is 12.4 Å².